The van der Waals surface area contributed by atoms with Crippen LogP contribution in [0.1, 0.15) is 6.42 Å². The van der Waals surface area contributed by atoms with Crippen molar-refractivity contribution >= 4 is 5.97 Å². The minimum Gasteiger partial charge on any atom is -0.491 e. The SMILES string of the molecule is O=C(O)C(CCO)COc1cccnc1. The van der Waals surface area contributed by atoms with Crippen LogP contribution in [0.4, 0.5) is 0 Å². The predicted octanol–water partition coefficient (Wildman–Crippen LogP) is 0.544. The maximum absolute atomic E-state index is 10.7. The van der Waals surface area contributed by atoms with Crippen LogP contribution in [0.15, 0.2) is 24.5 Å². The highest BCUT2D eigenvalue weighted by Gasteiger charge is 2.17. The molecule has 0 radical (unpaired) electrons. The largest absolute Gasteiger partial charge is 0.491 e. The maximum atomic E-state index is 10.7. The molecule has 15 heavy (non-hydrogen) atoms. The van der Waals surface area contributed by atoms with Crippen LogP contribution in [0.3, 0.4) is 0 Å². The van der Waals surface area contributed by atoms with Gasteiger partial charge in [-0.2, -0.15) is 0 Å². The molecule has 0 spiro atoms. The molecule has 0 saturated heterocycles. The molecule has 0 saturated carbocycles. The molecule has 1 aromatic rings. The molecule has 0 amide bonds. The van der Waals surface area contributed by atoms with Crippen LogP contribution in [-0.2, 0) is 4.79 Å². The number of carboxylic acid groups (broad SMARTS) is 1. The molecule has 0 fully saturated rings. The van der Waals surface area contributed by atoms with E-state index in [4.69, 9.17) is 14.9 Å². The zero-order valence-electron chi connectivity index (χ0n) is 8.17. The molecule has 1 rings (SSSR count). The molecule has 82 valence electrons. The summed E-state index contributed by atoms with van der Waals surface area (Å²) in [5, 5.41) is 17.4. The van der Waals surface area contributed by atoms with E-state index in [0.717, 1.165) is 0 Å². The number of nitrogens with zero attached hydrogens (tertiary/aromatic N) is 1. The lowest BCUT2D eigenvalue weighted by molar-refractivity contribution is -0.143. The van der Waals surface area contributed by atoms with Crippen LogP contribution in [0.25, 0.3) is 0 Å². The summed E-state index contributed by atoms with van der Waals surface area (Å²) in [4.78, 5) is 14.5. The van der Waals surface area contributed by atoms with Crippen molar-refractivity contribution in [3.63, 3.8) is 0 Å². The number of rotatable bonds is 6. The van der Waals surface area contributed by atoms with E-state index >= 15 is 0 Å². The highest BCUT2D eigenvalue weighted by molar-refractivity contribution is 5.70. The second kappa shape index (κ2) is 5.98. The summed E-state index contributed by atoms with van der Waals surface area (Å²) in [6.07, 6.45) is 3.31. The van der Waals surface area contributed by atoms with Gasteiger partial charge in [-0.3, -0.25) is 9.78 Å². The highest BCUT2D eigenvalue weighted by atomic mass is 16.5. The van der Waals surface area contributed by atoms with Crippen molar-refractivity contribution in [2.75, 3.05) is 13.2 Å². The van der Waals surface area contributed by atoms with Crippen LogP contribution >= 0.6 is 0 Å². The fourth-order valence-electron chi connectivity index (χ4n) is 1.06. The lowest BCUT2D eigenvalue weighted by Crippen LogP contribution is -2.22. The highest BCUT2D eigenvalue weighted by Crippen LogP contribution is 2.10. The second-order valence-electron chi connectivity index (χ2n) is 3.05. The van der Waals surface area contributed by atoms with E-state index in [9.17, 15) is 4.79 Å². The van der Waals surface area contributed by atoms with Crippen molar-refractivity contribution in [1.29, 1.82) is 0 Å². The number of hydrogen-bond acceptors (Lipinski definition) is 4. The number of carboxylic acids is 1. The molecule has 1 heterocycles. The van der Waals surface area contributed by atoms with Gasteiger partial charge in [-0.1, -0.05) is 0 Å². The first-order chi connectivity index (χ1) is 7.24. The van der Waals surface area contributed by atoms with E-state index in [2.05, 4.69) is 4.98 Å². The number of hydrogen-bond donors (Lipinski definition) is 2. The Morgan fingerprint density at radius 1 is 1.60 bits per heavy atom. The van der Waals surface area contributed by atoms with Crippen molar-refractivity contribution in [2.45, 2.75) is 6.42 Å². The van der Waals surface area contributed by atoms with Crippen molar-refractivity contribution < 1.29 is 19.7 Å². The minimum absolute atomic E-state index is 0.0432. The maximum Gasteiger partial charge on any atom is 0.310 e. The first-order valence-corrected chi connectivity index (χ1v) is 4.60. The summed E-state index contributed by atoms with van der Waals surface area (Å²) in [6.45, 7) is -0.116. The standard InChI is InChI=1S/C10H13NO4/c12-5-3-8(10(13)14)7-15-9-2-1-4-11-6-9/h1-2,4,6,8,12H,3,5,7H2,(H,13,14). The van der Waals surface area contributed by atoms with Gasteiger partial charge < -0.3 is 14.9 Å². The Morgan fingerprint density at radius 2 is 2.40 bits per heavy atom. The first kappa shape index (κ1) is 11.5. The zero-order valence-corrected chi connectivity index (χ0v) is 8.17. The van der Waals surface area contributed by atoms with Gasteiger partial charge in [-0.05, 0) is 18.6 Å². The Balaban J connectivity index is 2.43. The normalized spacial score (nSPS) is 12.1. The smallest absolute Gasteiger partial charge is 0.310 e. The summed E-state index contributed by atoms with van der Waals surface area (Å²) >= 11 is 0. The molecule has 0 aromatic carbocycles. The van der Waals surface area contributed by atoms with Gasteiger partial charge in [0.25, 0.3) is 0 Å². The summed E-state index contributed by atoms with van der Waals surface area (Å²) in [6, 6.07) is 3.40. The third kappa shape index (κ3) is 3.95. The Bertz CT molecular complexity index is 302. The van der Waals surface area contributed by atoms with Gasteiger partial charge in [0.2, 0.25) is 0 Å². The molecular formula is C10H13NO4. The molecule has 0 aliphatic carbocycles. The summed E-state index contributed by atoms with van der Waals surface area (Å²) in [5.41, 5.74) is 0. The van der Waals surface area contributed by atoms with Crippen molar-refractivity contribution in [3.8, 4) is 5.75 Å². The minimum atomic E-state index is -0.965. The molecule has 5 nitrogen and oxygen atoms in total. The van der Waals surface area contributed by atoms with Gasteiger partial charge in [-0.15, -0.1) is 0 Å². The van der Waals surface area contributed by atoms with E-state index in [0.29, 0.717) is 5.75 Å². The summed E-state index contributed by atoms with van der Waals surface area (Å²) < 4.78 is 5.23. The quantitative estimate of drug-likeness (QED) is 0.718. The number of aromatic nitrogens is 1. The fourth-order valence-corrected chi connectivity index (χ4v) is 1.06. The Kier molecular flexibility index (Phi) is 4.56. The second-order valence-corrected chi connectivity index (χ2v) is 3.05. The predicted molar refractivity (Wildman–Crippen MR) is 52.6 cm³/mol. The van der Waals surface area contributed by atoms with Crippen LogP contribution in [-0.4, -0.2) is 34.4 Å². The number of pyridine rings is 1. The van der Waals surface area contributed by atoms with Crippen molar-refractivity contribution in [3.05, 3.63) is 24.5 Å². The molecule has 1 unspecified atom stereocenters. The Labute approximate surface area is 87.3 Å². The van der Waals surface area contributed by atoms with Gasteiger partial charge in [0, 0.05) is 12.8 Å². The molecule has 1 aromatic heterocycles. The Morgan fingerprint density at radius 3 is 2.93 bits per heavy atom. The van der Waals surface area contributed by atoms with Gasteiger partial charge in [0.1, 0.15) is 12.4 Å². The summed E-state index contributed by atoms with van der Waals surface area (Å²) in [5.74, 6) is -1.12. The topological polar surface area (TPSA) is 79.7 Å². The van der Waals surface area contributed by atoms with Crippen LogP contribution in [0.5, 0.6) is 5.75 Å². The molecular weight excluding hydrogens is 198 g/mol. The average Bonchev–Trinajstić information content (AvgIpc) is 2.25. The van der Waals surface area contributed by atoms with Gasteiger partial charge in [0.05, 0.1) is 12.1 Å². The molecule has 2 N–H and O–H groups in total. The molecule has 1 atom stereocenters. The van der Waals surface area contributed by atoms with Crippen LogP contribution < -0.4 is 4.74 Å². The van der Waals surface area contributed by atoms with E-state index in [1.807, 2.05) is 0 Å². The lowest BCUT2D eigenvalue weighted by Gasteiger charge is -2.11. The number of aliphatic hydroxyl groups is 1. The van der Waals surface area contributed by atoms with Crippen LogP contribution in [0.2, 0.25) is 0 Å². The number of ether oxygens (including phenoxy) is 1. The number of aliphatic hydroxyl groups excluding tert-OH is 1. The monoisotopic (exact) mass is 211 g/mol. The van der Waals surface area contributed by atoms with Gasteiger partial charge in [0.15, 0.2) is 0 Å². The zero-order chi connectivity index (χ0) is 11.1. The van der Waals surface area contributed by atoms with Gasteiger partial charge in [-0.25, -0.2) is 0 Å². The fraction of sp³-hybridized carbons (Fsp3) is 0.400. The van der Waals surface area contributed by atoms with E-state index < -0.39 is 11.9 Å². The lowest BCUT2D eigenvalue weighted by atomic mass is 10.1. The third-order valence-corrected chi connectivity index (χ3v) is 1.91. The Hall–Kier alpha value is -1.62. The number of carbonyl (C=O) groups is 1. The van der Waals surface area contributed by atoms with Crippen LogP contribution in [0, 0.1) is 5.92 Å². The van der Waals surface area contributed by atoms with E-state index in [1.165, 1.54) is 6.20 Å². The number of aliphatic carboxylic acids is 1. The average molecular weight is 211 g/mol. The summed E-state index contributed by atoms with van der Waals surface area (Å²) in [7, 11) is 0. The van der Waals surface area contributed by atoms with Crippen molar-refractivity contribution in [2.24, 2.45) is 5.92 Å². The molecule has 0 bridgehead atoms. The molecule has 5 heteroatoms. The molecule has 0 aliphatic rings. The van der Waals surface area contributed by atoms with Crippen molar-refractivity contribution in [1.82, 2.24) is 4.98 Å². The van der Waals surface area contributed by atoms with Gasteiger partial charge >= 0.3 is 5.97 Å². The third-order valence-electron chi connectivity index (χ3n) is 1.91. The van der Waals surface area contributed by atoms with E-state index in [1.54, 1.807) is 18.3 Å². The first-order valence-electron chi connectivity index (χ1n) is 4.60. The van der Waals surface area contributed by atoms with E-state index in [-0.39, 0.29) is 19.6 Å². The molecule has 0 aliphatic heterocycles.